The minimum atomic E-state index is -0.204. The molecule has 0 aromatic carbocycles. The number of hydrogen-bond acceptors (Lipinski definition) is 3. The first-order chi connectivity index (χ1) is 6.86. The van der Waals surface area contributed by atoms with E-state index in [-0.39, 0.29) is 12.1 Å². The molecule has 2 aliphatic carbocycles. The Morgan fingerprint density at radius 1 is 0.929 bits per heavy atom. The summed E-state index contributed by atoms with van der Waals surface area (Å²) in [5.74, 6) is 0. The van der Waals surface area contributed by atoms with E-state index in [0.29, 0.717) is 6.10 Å². The summed E-state index contributed by atoms with van der Waals surface area (Å²) < 4.78 is 0. The Kier molecular flexibility index (Phi) is 3.79. The van der Waals surface area contributed by atoms with E-state index in [0.717, 1.165) is 19.3 Å². The van der Waals surface area contributed by atoms with Crippen LogP contribution in [0.15, 0.2) is 0 Å². The third-order valence-corrected chi connectivity index (χ3v) is 3.42. The SMILES string of the molecule is O[C@@H]1CCCC[C@H]1NOC1CCCC1. The highest BCUT2D eigenvalue weighted by atomic mass is 16.7. The van der Waals surface area contributed by atoms with Gasteiger partial charge >= 0.3 is 0 Å². The van der Waals surface area contributed by atoms with E-state index in [1.807, 2.05) is 0 Å². The molecule has 2 fully saturated rings. The minimum absolute atomic E-state index is 0.171. The van der Waals surface area contributed by atoms with Crippen molar-refractivity contribution >= 4 is 0 Å². The monoisotopic (exact) mass is 199 g/mol. The molecule has 0 saturated heterocycles. The molecule has 0 spiro atoms. The average Bonchev–Trinajstić information content (AvgIpc) is 2.69. The number of aliphatic hydroxyl groups excluding tert-OH is 1. The maximum absolute atomic E-state index is 9.70. The van der Waals surface area contributed by atoms with Crippen LogP contribution in [0.4, 0.5) is 0 Å². The Bertz CT molecular complexity index is 169. The van der Waals surface area contributed by atoms with Crippen LogP contribution in [-0.2, 0) is 4.84 Å². The van der Waals surface area contributed by atoms with Gasteiger partial charge in [0, 0.05) is 0 Å². The zero-order valence-corrected chi connectivity index (χ0v) is 8.74. The van der Waals surface area contributed by atoms with Crippen molar-refractivity contribution in [2.24, 2.45) is 0 Å². The highest BCUT2D eigenvalue weighted by Crippen LogP contribution is 2.22. The summed E-state index contributed by atoms with van der Waals surface area (Å²) in [4.78, 5) is 5.60. The Balaban J connectivity index is 1.67. The molecule has 2 saturated carbocycles. The van der Waals surface area contributed by atoms with Gasteiger partial charge < -0.3 is 5.11 Å². The van der Waals surface area contributed by atoms with Crippen molar-refractivity contribution in [3.05, 3.63) is 0 Å². The van der Waals surface area contributed by atoms with Gasteiger partial charge in [-0.15, -0.1) is 0 Å². The average molecular weight is 199 g/mol. The van der Waals surface area contributed by atoms with Crippen LogP contribution in [0.2, 0.25) is 0 Å². The van der Waals surface area contributed by atoms with Crippen LogP contribution in [0.5, 0.6) is 0 Å². The Morgan fingerprint density at radius 2 is 1.57 bits per heavy atom. The summed E-state index contributed by atoms with van der Waals surface area (Å²) in [7, 11) is 0. The molecule has 2 atom stereocenters. The van der Waals surface area contributed by atoms with Gasteiger partial charge in [0.2, 0.25) is 0 Å². The fourth-order valence-corrected chi connectivity index (χ4v) is 2.44. The van der Waals surface area contributed by atoms with Crippen LogP contribution in [0.1, 0.15) is 51.4 Å². The van der Waals surface area contributed by atoms with Crippen molar-refractivity contribution in [1.29, 1.82) is 0 Å². The second-order valence-electron chi connectivity index (χ2n) is 4.60. The molecule has 0 aliphatic heterocycles. The maximum atomic E-state index is 9.70. The molecular formula is C11H21NO2. The van der Waals surface area contributed by atoms with Crippen molar-refractivity contribution in [3.63, 3.8) is 0 Å². The van der Waals surface area contributed by atoms with E-state index < -0.39 is 0 Å². The van der Waals surface area contributed by atoms with Gasteiger partial charge in [0.25, 0.3) is 0 Å². The molecule has 3 heteroatoms. The van der Waals surface area contributed by atoms with E-state index in [2.05, 4.69) is 5.48 Å². The zero-order valence-electron chi connectivity index (χ0n) is 8.74. The van der Waals surface area contributed by atoms with Crippen LogP contribution in [0.25, 0.3) is 0 Å². The van der Waals surface area contributed by atoms with Crippen LogP contribution >= 0.6 is 0 Å². The molecule has 2 aliphatic rings. The normalized spacial score (nSPS) is 34.9. The molecule has 0 radical (unpaired) electrons. The summed E-state index contributed by atoms with van der Waals surface area (Å²) >= 11 is 0. The van der Waals surface area contributed by atoms with Crippen LogP contribution < -0.4 is 5.48 Å². The van der Waals surface area contributed by atoms with Crippen molar-refractivity contribution in [2.45, 2.75) is 69.6 Å². The van der Waals surface area contributed by atoms with Gasteiger partial charge in [-0.05, 0) is 25.7 Å². The summed E-state index contributed by atoms with van der Waals surface area (Å²) in [6.07, 6.45) is 9.46. The molecule has 0 unspecified atom stereocenters. The second-order valence-corrected chi connectivity index (χ2v) is 4.60. The van der Waals surface area contributed by atoms with E-state index >= 15 is 0 Å². The Hall–Kier alpha value is -0.120. The molecule has 0 aromatic heterocycles. The van der Waals surface area contributed by atoms with E-state index in [9.17, 15) is 5.11 Å². The van der Waals surface area contributed by atoms with Gasteiger partial charge in [0.1, 0.15) is 0 Å². The quantitative estimate of drug-likeness (QED) is 0.680. The second kappa shape index (κ2) is 5.10. The highest BCUT2D eigenvalue weighted by molar-refractivity contribution is 4.78. The third kappa shape index (κ3) is 2.69. The van der Waals surface area contributed by atoms with Crippen LogP contribution in [-0.4, -0.2) is 23.4 Å². The molecule has 82 valence electrons. The highest BCUT2D eigenvalue weighted by Gasteiger charge is 2.24. The predicted molar refractivity (Wildman–Crippen MR) is 54.7 cm³/mol. The number of rotatable bonds is 3. The van der Waals surface area contributed by atoms with Gasteiger partial charge in [-0.2, -0.15) is 5.48 Å². The molecule has 0 bridgehead atoms. The first kappa shape index (κ1) is 10.4. The lowest BCUT2D eigenvalue weighted by atomic mass is 9.93. The predicted octanol–water partition coefficient (Wildman–Crippen LogP) is 1.75. The van der Waals surface area contributed by atoms with Crippen molar-refractivity contribution in [3.8, 4) is 0 Å². The summed E-state index contributed by atoms with van der Waals surface area (Å²) in [5, 5.41) is 9.70. The van der Waals surface area contributed by atoms with Crippen molar-refractivity contribution < 1.29 is 9.94 Å². The Morgan fingerprint density at radius 3 is 2.29 bits per heavy atom. The fraction of sp³-hybridized carbons (Fsp3) is 1.00. The molecule has 0 amide bonds. The number of nitrogens with one attached hydrogen (secondary N) is 1. The van der Waals surface area contributed by atoms with Crippen molar-refractivity contribution in [2.75, 3.05) is 0 Å². The van der Waals surface area contributed by atoms with Crippen LogP contribution in [0, 0.1) is 0 Å². The number of hydroxylamine groups is 1. The Labute approximate surface area is 85.8 Å². The van der Waals surface area contributed by atoms with E-state index in [1.165, 1.54) is 32.1 Å². The molecule has 2 rings (SSSR count). The first-order valence-corrected chi connectivity index (χ1v) is 5.95. The molecule has 0 heterocycles. The van der Waals surface area contributed by atoms with Gasteiger partial charge in [-0.3, -0.25) is 4.84 Å². The lowest BCUT2D eigenvalue weighted by molar-refractivity contribution is -0.0737. The van der Waals surface area contributed by atoms with Gasteiger partial charge in [-0.1, -0.05) is 25.7 Å². The van der Waals surface area contributed by atoms with Crippen LogP contribution in [0.3, 0.4) is 0 Å². The molecule has 3 nitrogen and oxygen atoms in total. The first-order valence-electron chi connectivity index (χ1n) is 5.95. The topological polar surface area (TPSA) is 41.5 Å². The minimum Gasteiger partial charge on any atom is -0.391 e. The number of hydrogen-bond donors (Lipinski definition) is 2. The maximum Gasteiger partial charge on any atom is 0.0790 e. The van der Waals surface area contributed by atoms with E-state index in [4.69, 9.17) is 4.84 Å². The van der Waals surface area contributed by atoms with Crippen molar-refractivity contribution in [1.82, 2.24) is 5.48 Å². The third-order valence-electron chi connectivity index (χ3n) is 3.42. The molecule has 2 N–H and O–H groups in total. The molecular weight excluding hydrogens is 178 g/mol. The van der Waals surface area contributed by atoms with Gasteiger partial charge in [0.15, 0.2) is 0 Å². The van der Waals surface area contributed by atoms with Gasteiger partial charge in [0.05, 0.1) is 18.2 Å². The standard InChI is InChI=1S/C11H21NO2/c13-11-8-4-3-7-10(11)12-14-9-5-1-2-6-9/h9-13H,1-8H2/t10-,11-/m1/s1. The summed E-state index contributed by atoms with van der Waals surface area (Å²) in [6, 6.07) is 0.171. The lowest BCUT2D eigenvalue weighted by Crippen LogP contribution is -2.43. The fourth-order valence-electron chi connectivity index (χ4n) is 2.44. The zero-order chi connectivity index (χ0) is 9.80. The molecule has 14 heavy (non-hydrogen) atoms. The lowest BCUT2D eigenvalue weighted by Gasteiger charge is -2.29. The largest absolute Gasteiger partial charge is 0.391 e. The number of aliphatic hydroxyl groups is 1. The smallest absolute Gasteiger partial charge is 0.0790 e. The van der Waals surface area contributed by atoms with Gasteiger partial charge in [-0.25, -0.2) is 0 Å². The molecule has 0 aromatic rings. The van der Waals surface area contributed by atoms with E-state index in [1.54, 1.807) is 0 Å². The summed E-state index contributed by atoms with van der Waals surface area (Å²) in [5.41, 5.74) is 3.06. The summed E-state index contributed by atoms with van der Waals surface area (Å²) in [6.45, 7) is 0.